The van der Waals surface area contributed by atoms with Gasteiger partial charge in [-0.25, -0.2) is 0 Å². The van der Waals surface area contributed by atoms with Crippen molar-refractivity contribution < 1.29 is 13.2 Å². The van der Waals surface area contributed by atoms with Crippen molar-refractivity contribution in [3.63, 3.8) is 0 Å². The van der Waals surface area contributed by atoms with Gasteiger partial charge in [0.1, 0.15) is 0 Å². The predicted octanol–water partition coefficient (Wildman–Crippen LogP) is 2.32. The van der Waals surface area contributed by atoms with E-state index in [0.29, 0.717) is 5.56 Å². The smallest absolute Gasteiger partial charge is 0.329 e. The van der Waals surface area contributed by atoms with Gasteiger partial charge in [-0.3, -0.25) is 0 Å². The largest absolute Gasteiger partial charge is 0.416 e. The second-order valence-corrected chi connectivity index (χ2v) is 3.48. The molecule has 0 saturated carbocycles. The maximum Gasteiger partial charge on any atom is 0.416 e. The zero-order valence-corrected chi connectivity index (χ0v) is 8.44. The Bertz CT molecular complexity index is 352. The molecule has 0 bridgehead atoms. The Morgan fingerprint density at radius 1 is 1.33 bits per heavy atom. The summed E-state index contributed by atoms with van der Waals surface area (Å²) >= 11 is 5.67. The number of benzene rings is 1. The molecule has 4 N–H and O–H groups in total. The highest BCUT2D eigenvalue weighted by atomic mass is 35.5. The topological polar surface area (TPSA) is 52.0 Å². The van der Waals surface area contributed by atoms with Crippen LogP contribution in [0.2, 0.25) is 5.02 Å². The summed E-state index contributed by atoms with van der Waals surface area (Å²) in [4.78, 5) is 0. The summed E-state index contributed by atoms with van der Waals surface area (Å²) in [5, 5.41) is -0.0113. The summed E-state index contributed by atoms with van der Waals surface area (Å²) in [5.74, 6) is 0. The Balaban J connectivity index is 3.09. The minimum atomic E-state index is -4.39. The van der Waals surface area contributed by atoms with Gasteiger partial charge < -0.3 is 11.5 Å². The molecule has 0 heterocycles. The van der Waals surface area contributed by atoms with E-state index >= 15 is 0 Å². The summed E-state index contributed by atoms with van der Waals surface area (Å²) in [6.45, 7) is 0.130. The van der Waals surface area contributed by atoms with Crippen LogP contribution >= 0.6 is 11.6 Å². The van der Waals surface area contributed by atoms with Crippen LogP contribution in [0.15, 0.2) is 18.2 Å². The lowest BCUT2D eigenvalue weighted by Gasteiger charge is -2.13. The third-order valence-electron chi connectivity index (χ3n) is 1.98. The van der Waals surface area contributed by atoms with Crippen molar-refractivity contribution in [2.45, 2.75) is 12.2 Å². The summed E-state index contributed by atoms with van der Waals surface area (Å²) < 4.78 is 36.8. The lowest BCUT2D eigenvalue weighted by molar-refractivity contribution is -0.137. The van der Waals surface area contributed by atoms with Crippen LogP contribution in [0.5, 0.6) is 0 Å². The van der Waals surface area contributed by atoms with Crippen LogP contribution in [0.4, 0.5) is 13.2 Å². The van der Waals surface area contributed by atoms with E-state index in [9.17, 15) is 13.2 Å². The number of halogens is 4. The number of hydrogen-bond acceptors (Lipinski definition) is 2. The van der Waals surface area contributed by atoms with E-state index in [-0.39, 0.29) is 11.6 Å². The Labute approximate surface area is 90.0 Å². The molecule has 0 fully saturated rings. The molecule has 1 rings (SSSR count). The maximum absolute atomic E-state index is 12.3. The molecule has 0 aliphatic carbocycles. The Morgan fingerprint density at radius 2 is 1.93 bits per heavy atom. The minimum absolute atomic E-state index is 0.0113. The monoisotopic (exact) mass is 238 g/mol. The Morgan fingerprint density at radius 3 is 2.33 bits per heavy atom. The van der Waals surface area contributed by atoms with Crippen LogP contribution in [0.1, 0.15) is 17.2 Å². The molecule has 0 aliphatic heterocycles. The van der Waals surface area contributed by atoms with E-state index in [1.165, 1.54) is 6.07 Å². The van der Waals surface area contributed by atoms with E-state index < -0.39 is 17.8 Å². The third-order valence-corrected chi connectivity index (χ3v) is 2.31. The van der Waals surface area contributed by atoms with Gasteiger partial charge >= 0.3 is 6.18 Å². The van der Waals surface area contributed by atoms with Crippen LogP contribution in [0.25, 0.3) is 0 Å². The van der Waals surface area contributed by atoms with Crippen LogP contribution in [-0.2, 0) is 6.18 Å². The van der Waals surface area contributed by atoms with Gasteiger partial charge in [-0.15, -0.1) is 0 Å². The van der Waals surface area contributed by atoms with Crippen molar-refractivity contribution in [3.05, 3.63) is 34.3 Å². The third kappa shape index (κ3) is 2.84. The zero-order chi connectivity index (χ0) is 11.6. The molecule has 1 atom stereocenters. The van der Waals surface area contributed by atoms with Crippen LogP contribution in [-0.4, -0.2) is 6.54 Å². The molecule has 1 aromatic rings. The van der Waals surface area contributed by atoms with E-state index in [0.717, 1.165) is 12.1 Å². The molecular formula is C9H10ClF3N2. The van der Waals surface area contributed by atoms with Gasteiger partial charge in [0.25, 0.3) is 0 Å². The molecule has 84 valence electrons. The number of rotatable bonds is 2. The predicted molar refractivity (Wildman–Crippen MR) is 52.4 cm³/mol. The average molecular weight is 239 g/mol. The van der Waals surface area contributed by atoms with Gasteiger partial charge in [0.05, 0.1) is 5.56 Å². The normalized spacial score (nSPS) is 14.0. The minimum Gasteiger partial charge on any atom is -0.329 e. The van der Waals surface area contributed by atoms with Gasteiger partial charge in [-0.1, -0.05) is 17.7 Å². The summed E-state index contributed by atoms with van der Waals surface area (Å²) in [6, 6.07) is 2.51. The Kier molecular flexibility index (Phi) is 3.59. The van der Waals surface area contributed by atoms with Gasteiger partial charge in [-0.2, -0.15) is 13.2 Å². The molecule has 0 saturated heterocycles. The molecule has 1 aromatic carbocycles. The number of alkyl halides is 3. The molecule has 15 heavy (non-hydrogen) atoms. The molecule has 0 spiro atoms. The molecule has 6 heteroatoms. The van der Waals surface area contributed by atoms with Crippen molar-refractivity contribution >= 4 is 11.6 Å². The van der Waals surface area contributed by atoms with Gasteiger partial charge in [-0.05, 0) is 17.7 Å². The molecule has 0 radical (unpaired) electrons. The van der Waals surface area contributed by atoms with Crippen LogP contribution < -0.4 is 11.5 Å². The fourth-order valence-corrected chi connectivity index (χ4v) is 1.45. The SMILES string of the molecule is NC[C@@H](N)c1ccc(C(F)(F)F)cc1Cl. The lowest BCUT2D eigenvalue weighted by Crippen LogP contribution is -2.21. The standard InChI is InChI=1S/C9H10ClF3N2/c10-7-3-5(9(11,12)13)1-2-6(7)8(15)4-14/h1-3,8H,4,14-15H2/t8-/m1/s1. The molecule has 0 amide bonds. The van der Waals surface area contributed by atoms with E-state index in [4.69, 9.17) is 23.1 Å². The molecule has 0 aromatic heterocycles. The molecule has 0 unspecified atom stereocenters. The van der Waals surface area contributed by atoms with Gasteiger partial charge in [0.15, 0.2) is 0 Å². The first-order valence-electron chi connectivity index (χ1n) is 4.18. The second kappa shape index (κ2) is 4.38. The molecule has 2 nitrogen and oxygen atoms in total. The number of hydrogen-bond donors (Lipinski definition) is 2. The zero-order valence-electron chi connectivity index (χ0n) is 7.68. The summed E-state index contributed by atoms with van der Waals surface area (Å²) in [6.07, 6.45) is -4.39. The first-order chi connectivity index (χ1) is 6.86. The molecular weight excluding hydrogens is 229 g/mol. The van der Waals surface area contributed by atoms with Crippen LogP contribution in [0.3, 0.4) is 0 Å². The van der Waals surface area contributed by atoms with Crippen molar-refractivity contribution in [3.8, 4) is 0 Å². The van der Waals surface area contributed by atoms with Crippen molar-refractivity contribution in [2.24, 2.45) is 11.5 Å². The van der Waals surface area contributed by atoms with Gasteiger partial charge in [0, 0.05) is 17.6 Å². The van der Waals surface area contributed by atoms with Crippen molar-refractivity contribution in [2.75, 3.05) is 6.54 Å². The fraction of sp³-hybridized carbons (Fsp3) is 0.333. The van der Waals surface area contributed by atoms with Crippen molar-refractivity contribution in [1.82, 2.24) is 0 Å². The average Bonchev–Trinajstić information content (AvgIpc) is 2.15. The highest BCUT2D eigenvalue weighted by Gasteiger charge is 2.31. The van der Waals surface area contributed by atoms with Crippen LogP contribution in [0, 0.1) is 0 Å². The number of nitrogens with two attached hydrogens (primary N) is 2. The Hall–Kier alpha value is -0.780. The van der Waals surface area contributed by atoms with E-state index in [2.05, 4.69) is 0 Å². The first-order valence-corrected chi connectivity index (χ1v) is 4.56. The lowest BCUT2D eigenvalue weighted by atomic mass is 10.1. The van der Waals surface area contributed by atoms with Gasteiger partial charge in [0.2, 0.25) is 0 Å². The first kappa shape index (κ1) is 12.3. The summed E-state index contributed by atoms with van der Waals surface area (Å²) in [7, 11) is 0. The summed E-state index contributed by atoms with van der Waals surface area (Å²) in [5.41, 5.74) is 10.5. The van der Waals surface area contributed by atoms with E-state index in [1.807, 2.05) is 0 Å². The van der Waals surface area contributed by atoms with E-state index in [1.54, 1.807) is 0 Å². The fourth-order valence-electron chi connectivity index (χ4n) is 1.13. The highest BCUT2D eigenvalue weighted by Crippen LogP contribution is 2.33. The highest BCUT2D eigenvalue weighted by molar-refractivity contribution is 6.31. The quantitative estimate of drug-likeness (QED) is 0.831. The maximum atomic E-state index is 12.3. The van der Waals surface area contributed by atoms with Crippen molar-refractivity contribution in [1.29, 1.82) is 0 Å². The molecule has 0 aliphatic rings. The second-order valence-electron chi connectivity index (χ2n) is 3.08.